The summed E-state index contributed by atoms with van der Waals surface area (Å²) in [5.74, 6) is 0.0155. The lowest BCUT2D eigenvalue weighted by atomic mass is 10.2. The maximum Gasteiger partial charge on any atom is 0.248 e. The predicted octanol–water partition coefficient (Wildman–Crippen LogP) is 1.55. The first-order valence-electron chi connectivity index (χ1n) is 8.02. The first-order valence-corrected chi connectivity index (χ1v) is 8.90. The van der Waals surface area contributed by atoms with Gasteiger partial charge in [-0.25, -0.2) is 4.98 Å². The highest BCUT2D eigenvalue weighted by atomic mass is 32.1. The van der Waals surface area contributed by atoms with E-state index in [-0.39, 0.29) is 24.1 Å². The standard InChI is InChI=1S/C17H18N4O4S/c1-25-12-4-2-3-10(7-12)18-15(23)8-11-9-26-17(19-11)21-16(24)13-5-6-14(22)20-13/h2-4,7,9,13H,5-6,8H2,1H3,(H,18,23)(H,20,22)(H,19,21,24). The molecule has 2 aromatic rings. The Bertz CT molecular complexity index is 836. The lowest BCUT2D eigenvalue weighted by Crippen LogP contribution is -2.37. The normalized spacial score (nSPS) is 16.0. The summed E-state index contributed by atoms with van der Waals surface area (Å²) in [6, 6.07) is 6.54. The third-order valence-corrected chi connectivity index (χ3v) is 4.60. The van der Waals surface area contributed by atoms with Crippen molar-refractivity contribution in [2.24, 2.45) is 0 Å². The van der Waals surface area contributed by atoms with Gasteiger partial charge in [-0.15, -0.1) is 11.3 Å². The molecule has 1 saturated heterocycles. The average Bonchev–Trinajstić information content (AvgIpc) is 3.24. The van der Waals surface area contributed by atoms with Crippen LogP contribution < -0.4 is 20.7 Å². The molecule has 136 valence electrons. The number of ether oxygens (including phenoxy) is 1. The summed E-state index contributed by atoms with van der Waals surface area (Å²) in [7, 11) is 1.56. The molecule has 1 aromatic carbocycles. The van der Waals surface area contributed by atoms with E-state index in [9.17, 15) is 14.4 Å². The zero-order valence-electron chi connectivity index (χ0n) is 14.1. The van der Waals surface area contributed by atoms with E-state index in [4.69, 9.17) is 4.74 Å². The van der Waals surface area contributed by atoms with Crippen molar-refractivity contribution in [3.63, 3.8) is 0 Å². The van der Waals surface area contributed by atoms with Crippen LogP contribution in [0.4, 0.5) is 10.8 Å². The highest BCUT2D eigenvalue weighted by Gasteiger charge is 2.27. The van der Waals surface area contributed by atoms with Crippen LogP contribution in [0, 0.1) is 0 Å². The summed E-state index contributed by atoms with van der Waals surface area (Å²) in [6.07, 6.45) is 0.918. The number of hydrogen-bond donors (Lipinski definition) is 3. The van der Waals surface area contributed by atoms with Crippen molar-refractivity contribution >= 4 is 39.9 Å². The number of hydrogen-bond acceptors (Lipinski definition) is 6. The maximum absolute atomic E-state index is 12.1. The Morgan fingerprint density at radius 1 is 1.38 bits per heavy atom. The molecule has 0 bridgehead atoms. The molecule has 1 atom stereocenters. The molecule has 1 aliphatic heterocycles. The SMILES string of the molecule is COc1cccc(NC(=O)Cc2csc(NC(=O)C3CCC(=O)N3)n2)c1. The van der Waals surface area contributed by atoms with Crippen LogP contribution in [0.5, 0.6) is 5.75 Å². The first-order chi connectivity index (χ1) is 12.5. The molecule has 0 radical (unpaired) electrons. The van der Waals surface area contributed by atoms with Gasteiger partial charge in [0.1, 0.15) is 11.8 Å². The number of carbonyl (C=O) groups is 3. The quantitative estimate of drug-likeness (QED) is 0.711. The van der Waals surface area contributed by atoms with Crippen molar-refractivity contribution in [1.82, 2.24) is 10.3 Å². The van der Waals surface area contributed by atoms with Gasteiger partial charge in [0, 0.05) is 23.6 Å². The second-order valence-corrected chi connectivity index (χ2v) is 6.61. The predicted molar refractivity (Wildman–Crippen MR) is 97.2 cm³/mol. The van der Waals surface area contributed by atoms with Crippen molar-refractivity contribution in [1.29, 1.82) is 0 Å². The van der Waals surface area contributed by atoms with Crippen LogP contribution in [0.15, 0.2) is 29.6 Å². The molecule has 9 heteroatoms. The van der Waals surface area contributed by atoms with E-state index in [1.165, 1.54) is 11.3 Å². The van der Waals surface area contributed by atoms with Crippen LogP contribution >= 0.6 is 11.3 Å². The third kappa shape index (κ3) is 4.57. The Hall–Kier alpha value is -2.94. The van der Waals surface area contributed by atoms with Crippen LogP contribution in [-0.2, 0) is 20.8 Å². The molecule has 1 fully saturated rings. The number of benzene rings is 1. The number of anilines is 2. The van der Waals surface area contributed by atoms with Gasteiger partial charge < -0.3 is 20.7 Å². The van der Waals surface area contributed by atoms with E-state index in [1.807, 2.05) is 0 Å². The minimum absolute atomic E-state index is 0.0870. The Kier molecular flexibility index (Phi) is 5.47. The number of rotatable bonds is 6. The van der Waals surface area contributed by atoms with Gasteiger partial charge in [-0.3, -0.25) is 14.4 Å². The van der Waals surface area contributed by atoms with Gasteiger partial charge >= 0.3 is 0 Å². The van der Waals surface area contributed by atoms with E-state index in [0.29, 0.717) is 35.1 Å². The van der Waals surface area contributed by atoms with E-state index in [0.717, 1.165) is 0 Å². The number of amides is 3. The summed E-state index contributed by atoms with van der Waals surface area (Å²) in [6.45, 7) is 0. The van der Waals surface area contributed by atoms with Crippen molar-refractivity contribution in [2.75, 3.05) is 17.7 Å². The van der Waals surface area contributed by atoms with E-state index < -0.39 is 6.04 Å². The minimum atomic E-state index is -0.522. The highest BCUT2D eigenvalue weighted by Crippen LogP contribution is 2.19. The number of carbonyl (C=O) groups excluding carboxylic acids is 3. The topological polar surface area (TPSA) is 109 Å². The Labute approximate surface area is 154 Å². The van der Waals surface area contributed by atoms with Crippen LogP contribution in [0.2, 0.25) is 0 Å². The van der Waals surface area contributed by atoms with Crippen LogP contribution in [0.3, 0.4) is 0 Å². The number of nitrogens with zero attached hydrogens (tertiary/aromatic N) is 1. The fraction of sp³-hybridized carbons (Fsp3) is 0.294. The second kappa shape index (κ2) is 7.96. The lowest BCUT2D eigenvalue weighted by molar-refractivity contribution is -0.122. The Morgan fingerprint density at radius 2 is 2.23 bits per heavy atom. The number of aromatic nitrogens is 1. The number of thiazole rings is 1. The molecule has 3 rings (SSSR count). The van der Waals surface area contributed by atoms with Gasteiger partial charge in [-0.1, -0.05) is 6.07 Å². The van der Waals surface area contributed by atoms with Crippen molar-refractivity contribution in [3.8, 4) is 5.75 Å². The summed E-state index contributed by atoms with van der Waals surface area (Å²) < 4.78 is 5.12. The fourth-order valence-electron chi connectivity index (χ4n) is 2.52. The highest BCUT2D eigenvalue weighted by molar-refractivity contribution is 7.13. The average molecular weight is 374 g/mol. The Morgan fingerprint density at radius 3 is 2.96 bits per heavy atom. The van der Waals surface area contributed by atoms with Crippen LogP contribution in [0.25, 0.3) is 0 Å². The molecule has 1 aromatic heterocycles. The molecule has 3 amide bonds. The zero-order valence-corrected chi connectivity index (χ0v) is 14.9. The summed E-state index contributed by atoms with van der Waals surface area (Å²) in [4.78, 5) is 39.6. The monoisotopic (exact) mass is 374 g/mol. The first kappa shape index (κ1) is 17.9. The molecule has 1 unspecified atom stereocenters. The molecule has 0 aliphatic carbocycles. The van der Waals surface area contributed by atoms with Gasteiger partial charge in [-0.05, 0) is 18.6 Å². The second-order valence-electron chi connectivity index (χ2n) is 5.75. The molecule has 26 heavy (non-hydrogen) atoms. The molecule has 2 heterocycles. The van der Waals surface area contributed by atoms with Gasteiger partial charge in [0.25, 0.3) is 0 Å². The smallest absolute Gasteiger partial charge is 0.248 e. The van der Waals surface area contributed by atoms with Gasteiger partial charge in [0.2, 0.25) is 17.7 Å². The van der Waals surface area contributed by atoms with Crippen LogP contribution in [-0.4, -0.2) is 35.9 Å². The lowest BCUT2D eigenvalue weighted by Gasteiger charge is -2.08. The van der Waals surface area contributed by atoms with Crippen LogP contribution in [0.1, 0.15) is 18.5 Å². The number of methoxy groups -OCH3 is 1. The van der Waals surface area contributed by atoms with E-state index in [2.05, 4.69) is 20.9 Å². The van der Waals surface area contributed by atoms with Crippen molar-refractivity contribution in [2.45, 2.75) is 25.3 Å². The molecule has 0 spiro atoms. The summed E-state index contributed by atoms with van der Waals surface area (Å²) >= 11 is 1.24. The molecule has 3 N–H and O–H groups in total. The van der Waals surface area contributed by atoms with E-state index in [1.54, 1.807) is 36.8 Å². The molecule has 1 aliphatic rings. The number of nitrogens with one attached hydrogen (secondary N) is 3. The maximum atomic E-state index is 12.1. The zero-order chi connectivity index (χ0) is 18.5. The van der Waals surface area contributed by atoms with Crippen molar-refractivity contribution in [3.05, 3.63) is 35.3 Å². The summed E-state index contributed by atoms with van der Waals surface area (Å²) in [5.41, 5.74) is 1.19. The minimum Gasteiger partial charge on any atom is -0.497 e. The largest absolute Gasteiger partial charge is 0.497 e. The summed E-state index contributed by atoms with van der Waals surface area (Å²) in [5, 5.41) is 10.2. The van der Waals surface area contributed by atoms with Gasteiger partial charge in [0.15, 0.2) is 5.13 Å². The molecule has 8 nitrogen and oxygen atoms in total. The van der Waals surface area contributed by atoms with E-state index >= 15 is 0 Å². The molecular formula is C17H18N4O4S. The molecule has 0 saturated carbocycles. The fourth-order valence-corrected chi connectivity index (χ4v) is 3.23. The van der Waals surface area contributed by atoms with Gasteiger partial charge in [0.05, 0.1) is 19.2 Å². The van der Waals surface area contributed by atoms with Crippen molar-refractivity contribution < 1.29 is 19.1 Å². The third-order valence-electron chi connectivity index (χ3n) is 3.79. The Balaban J connectivity index is 1.53. The molecular weight excluding hydrogens is 356 g/mol. The van der Waals surface area contributed by atoms with Gasteiger partial charge in [-0.2, -0.15) is 0 Å².